The highest BCUT2D eigenvalue weighted by Crippen LogP contribution is 2.23. The molecular weight excluding hydrogens is 401 g/mol. The molecule has 148 valence electrons. The molecule has 28 heavy (non-hydrogen) atoms. The molecule has 0 saturated heterocycles. The summed E-state index contributed by atoms with van der Waals surface area (Å²) in [7, 11) is 0. The number of hydrogen-bond donors (Lipinski definition) is 1. The van der Waals surface area contributed by atoms with Crippen LogP contribution in [0.4, 0.5) is 0 Å². The topological polar surface area (TPSA) is 74.0 Å². The van der Waals surface area contributed by atoms with Gasteiger partial charge in [0, 0.05) is 19.3 Å². The van der Waals surface area contributed by atoms with Crippen molar-refractivity contribution in [3.63, 3.8) is 0 Å². The molecular formula is C19H21Cl2N5O2. The van der Waals surface area contributed by atoms with Gasteiger partial charge in [0.15, 0.2) is 6.73 Å². The van der Waals surface area contributed by atoms with Crippen LogP contribution in [0.3, 0.4) is 0 Å². The number of hydrogen-bond acceptors (Lipinski definition) is 4. The maximum atomic E-state index is 12.4. The lowest BCUT2D eigenvalue weighted by Gasteiger charge is -2.11. The van der Waals surface area contributed by atoms with Gasteiger partial charge in [-0.05, 0) is 38.5 Å². The van der Waals surface area contributed by atoms with Gasteiger partial charge in [-0.25, -0.2) is 4.68 Å². The number of amides is 1. The van der Waals surface area contributed by atoms with Crippen LogP contribution in [0, 0.1) is 13.8 Å². The third-order valence-corrected chi connectivity index (χ3v) is 5.11. The second-order valence-electron chi connectivity index (χ2n) is 6.24. The molecule has 1 N–H and O–H groups in total. The molecule has 0 saturated carbocycles. The van der Waals surface area contributed by atoms with Gasteiger partial charge in [0.25, 0.3) is 5.91 Å². The van der Waals surface area contributed by atoms with Crippen molar-refractivity contribution >= 4 is 29.1 Å². The first-order chi connectivity index (χ1) is 13.5. The number of para-hydroxylation sites is 1. The van der Waals surface area contributed by atoms with Crippen molar-refractivity contribution in [2.75, 3.05) is 6.54 Å². The van der Waals surface area contributed by atoms with E-state index in [9.17, 15) is 4.79 Å². The Bertz CT molecular complexity index is 967. The average molecular weight is 422 g/mol. The average Bonchev–Trinajstić information content (AvgIpc) is 3.25. The number of carbonyl (C=O) groups is 1. The molecule has 0 aliphatic carbocycles. The lowest BCUT2D eigenvalue weighted by atomic mass is 10.3. The second kappa shape index (κ2) is 9.12. The van der Waals surface area contributed by atoms with E-state index < -0.39 is 0 Å². The smallest absolute Gasteiger partial charge is 0.269 e. The standard InChI is InChI=1S/C19H21Cl2N5O2/c1-13-18(21)14(2)25(24-13)11-5-9-22-19(27)16-8-10-23-26(16)12-28-17-7-4-3-6-15(17)20/h3-4,6-8,10H,5,9,11-12H2,1-2H3,(H,22,27). The number of aryl methyl sites for hydroxylation is 2. The van der Waals surface area contributed by atoms with E-state index in [1.165, 1.54) is 4.68 Å². The van der Waals surface area contributed by atoms with E-state index in [0.29, 0.717) is 34.6 Å². The molecule has 0 atom stereocenters. The fourth-order valence-electron chi connectivity index (χ4n) is 2.73. The Labute approximate surface area is 173 Å². The Morgan fingerprint density at radius 2 is 1.96 bits per heavy atom. The van der Waals surface area contributed by atoms with Gasteiger partial charge in [0.05, 0.1) is 21.4 Å². The van der Waals surface area contributed by atoms with Gasteiger partial charge in [0.1, 0.15) is 11.4 Å². The number of rotatable bonds is 8. The summed E-state index contributed by atoms with van der Waals surface area (Å²) in [4.78, 5) is 12.4. The highest BCUT2D eigenvalue weighted by Gasteiger charge is 2.13. The highest BCUT2D eigenvalue weighted by molar-refractivity contribution is 6.32. The van der Waals surface area contributed by atoms with E-state index in [2.05, 4.69) is 15.5 Å². The zero-order chi connectivity index (χ0) is 20.1. The van der Waals surface area contributed by atoms with Gasteiger partial charge in [-0.1, -0.05) is 35.3 Å². The van der Waals surface area contributed by atoms with E-state index in [1.54, 1.807) is 24.4 Å². The number of benzene rings is 1. The van der Waals surface area contributed by atoms with Crippen LogP contribution >= 0.6 is 23.2 Å². The first-order valence-electron chi connectivity index (χ1n) is 8.84. The van der Waals surface area contributed by atoms with E-state index in [4.69, 9.17) is 27.9 Å². The van der Waals surface area contributed by atoms with Crippen LogP contribution < -0.4 is 10.1 Å². The third kappa shape index (κ3) is 4.66. The van der Waals surface area contributed by atoms with Crippen LogP contribution in [0.5, 0.6) is 5.75 Å². The Hall–Kier alpha value is -2.51. The Morgan fingerprint density at radius 3 is 2.68 bits per heavy atom. The number of nitrogens with zero attached hydrogens (tertiary/aromatic N) is 4. The van der Waals surface area contributed by atoms with E-state index >= 15 is 0 Å². The molecule has 9 heteroatoms. The third-order valence-electron chi connectivity index (χ3n) is 4.25. The van der Waals surface area contributed by atoms with Gasteiger partial charge in [-0.2, -0.15) is 10.2 Å². The fraction of sp³-hybridized carbons (Fsp3) is 0.316. The quantitative estimate of drug-likeness (QED) is 0.560. The van der Waals surface area contributed by atoms with E-state index in [-0.39, 0.29) is 12.6 Å². The monoisotopic (exact) mass is 421 g/mol. The molecule has 0 aliphatic heterocycles. The molecule has 0 fully saturated rings. The molecule has 3 rings (SSSR count). The van der Waals surface area contributed by atoms with Crippen LogP contribution in [-0.2, 0) is 13.3 Å². The highest BCUT2D eigenvalue weighted by atomic mass is 35.5. The summed E-state index contributed by atoms with van der Waals surface area (Å²) in [5.41, 5.74) is 2.16. The zero-order valence-electron chi connectivity index (χ0n) is 15.7. The van der Waals surface area contributed by atoms with Gasteiger partial charge < -0.3 is 10.1 Å². The zero-order valence-corrected chi connectivity index (χ0v) is 17.2. The minimum absolute atomic E-state index is 0.0870. The summed E-state index contributed by atoms with van der Waals surface area (Å²) in [5, 5.41) is 12.6. The molecule has 1 aromatic carbocycles. The predicted octanol–water partition coefficient (Wildman–Crippen LogP) is 3.86. The molecule has 0 spiro atoms. The maximum Gasteiger partial charge on any atom is 0.269 e. The normalized spacial score (nSPS) is 10.9. The van der Waals surface area contributed by atoms with Crippen LogP contribution in [0.2, 0.25) is 10.0 Å². The SMILES string of the molecule is Cc1nn(CCCNC(=O)c2ccnn2COc2ccccc2Cl)c(C)c1Cl. The summed E-state index contributed by atoms with van der Waals surface area (Å²) in [6, 6.07) is 8.79. The number of halogens is 2. The van der Waals surface area contributed by atoms with E-state index in [0.717, 1.165) is 17.8 Å². The molecule has 2 aromatic heterocycles. The molecule has 3 aromatic rings. The maximum absolute atomic E-state index is 12.4. The second-order valence-corrected chi connectivity index (χ2v) is 7.02. The molecule has 0 unspecified atom stereocenters. The van der Waals surface area contributed by atoms with Crippen molar-refractivity contribution in [2.24, 2.45) is 0 Å². The summed E-state index contributed by atoms with van der Waals surface area (Å²) >= 11 is 12.2. The Balaban J connectivity index is 1.50. The summed E-state index contributed by atoms with van der Waals surface area (Å²) in [5.74, 6) is 0.321. The lowest BCUT2D eigenvalue weighted by molar-refractivity contribution is 0.0931. The Morgan fingerprint density at radius 1 is 1.18 bits per heavy atom. The van der Waals surface area contributed by atoms with Gasteiger partial charge >= 0.3 is 0 Å². The van der Waals surface area contributed by atoms with Crippen molar-refractivity contribution in [1.82, 2.24) is 24.9 Å². The summed E-state index contributed by atoms with van der Waals surface area (Å²) < 4.78 is 8.98. The fourth-order valence-corrected chi connectivity index (χ4v) is 3.06. The number of nitrogens with one attached hydrogen (secondary N) is 1. The van der Waals surface area contributed by atoms with Crippen LogP contribution in [0.15, 0.2) is 36.5 Å². The molecule has 0 bridgehead atoms. The van der Waals surface area contributed by atoms with Gasteiger partial charge in [0.2, 0.25) is 0 Å². The number of aromatic nitrogens is 4. The van der Waals surface area contributed by atoms with Crippen LogP contribution in [-0.4, -0.2) is 32.0 Å². The first-order valence-corrected chi connectivity index (χ1v) is 9.60. The molecule has 0 radical (unpaired) electrons. The first kappa shape index (κ1) is 20.2. The van der Waals surface area contributed by atoms with E-state index in [1.807, 2.05) is 30.7 Å². The predicted molar refractivity (Wildman–Crippen MR) is 108 cm³/mol. The van der Waals surface area contributed by atoms with Crippen molar-refractivity contribution in [3.05, 3.63) is 63.7 Å². The van der Waals surface area contributed by atoms with Crippen LogP contribution in [0.1, 0.15) is 28.3 Å². The largest absolute Gasteiger partial charge is 0.470 e. The number of carbonyl (C=O) groups excluding carboxylic acids is 1. The van der Waals surface area contributed by atoms with Crippen molar-refractivity contribution < 1.29 is 9.53 Å². The lowest BCUT2D eigenvalue weighted by Crippen LogP contribution is -2.28. The van der Waals surface area contributed by atoms with Crippen molar-refractivity contribution in [1.29, 1.82) is 0 Å². The summed E-state index contributed by atoms with van der Waals surface area (Å²) in [6.45, 7) is 5.07. The molecule has 7 nitrogen and oxygen atoms in total. The van der Waals surface area contributed by atoms with Crippen LogP contribution in [0.25, 0.3) is 0 Å². The number of ether oxygens (including phenoxy) is 1. The van der Waals surface area contributed by atoms with Crippen molar-refractivity contribution in [2.45, 2.75) is 33.5 Å². The summed E-state index contributed by atoms with van der Waals surface area (Å²) in [6.07, 6.45) is 2.29. The van der Waals surface area contributed by atoms with Crippen molar-refractivity contribution in [3.8, 4) is 5.75 Å². The van der Waals surface area contributed by atoms with Gasteiger partial charge in [-0.15, -0.1) is 0 Å². The minimum atomic E-state index is -0.216. The molecule has 1 amide bonds. The molecule has 2 heterocycles. The van der Waals surface area contributed by atoms with Gasteiger partial charge in [-0.3, -0.25) is 9.48 Å². The Kier molecular flexibility index (Phi) is 6.59. The minimum Gasteiger partial charge on any atom is -0.470 e. The molecule has 0 aliphatic rings.